The molecular formula is C15H23FN2O. The van der Waals surface area contributed by atoms with Crippen LogP contribution in [0.4, 0.5) is 4.39 Å². The smallest absolute Gasteiger partial charge is 0.141 e. The number of aromatic nitrogens is 1. The van der Waals surface area contributed by atoms with Crippen molar-refractivity contribution in [2.24, 2.45) is 5.92 Å². The third-order valence-electron chi connectivity index (χ3n) is 4.03. The van der Waals surface area contributed by atoms with Crippen LogP contribution in [0, 0.1) is 11.7 Å². The van der Waals surface area contributed by atoms with E-state index < -0.39 is 0 Å². The van der Waals surface area contributed by atoms with Gasteiger partial charge in [-0.2, -0.15) is 0 Å². The van der Waals surface area contributed by atoms with Gasteiger partial charge in [0.2, 0.25) is 0 Å². The first-order valence-electron chi connectivity index (χ1n) is 7.16. The van der Waals surface area contributed by atoms with Gasteiger partial charge in [-0.05, 0) is 25.0 Å². The molecule has 0 radical (unpaired) electrons. The van der Waals surface area contributed by atoms with E-state index in [1.54, 1.807) is 6.07 Å². The average molecular weight is 266 g/mol. The molecule has 106 valence electrons. The van der Waals surface area contributed by atoms with E-state index in [1.165, 1.54) is 12.3 Å². The van der Waals surface area contributed by atoms with E-state index in [4.69, 9.17) is 4.74 Å². The van der Waals surface area contributed by atoms with Crippen molar-refractivity contribution < 1.29 is 9.13 Å². The largest absolute Gasteiger partial charge is 0.365 e. The zero-order valence-electron chi connectivity index (χ0n) is 11.9. The summed E-state index contributed by atoms with van der Waals surface area (Å²) in [6.45, 7) is 7.35. The van der Waals surface area contributed by atoms with E-state index in [0.29, 0.717) is 5.92 Å². The maximum absolute atomic E-state index is 12.9. The highest BCUT2D eigenvalue weighted by Gasteiger charge is 2.33. The lowest BCUT2D eigenvalue weighted by atomic mass is 9.93. The van der Waals surface area contributed by atoms with Crippen molar-refractivity contribution in [3.8, 4) is 0 Å². The van der Waals surface area contributed by atoms with Gasteiger partial charge >= 0.3 is 0 Å². The molecule has 0 bridgehead atoms. The van der Waals surface area contributed by atoms with Crippen molar-refractivity contribution in [2.75, 3.05) is 6.54 Å². The highest BCUT2D eigenvalue weighted by molar-refractivity contribution is 5.11. The minimum Gasteiger partial charge on any atom is -0.365 e. The van der Waals surface area contributed by atoms with Crippen molar-refractivity contribution in [1.82, 2.24) is 10.3 Å². The molecule has 1 aromatic heterocycles. The fourth-order valence-electron chi connectivity index (χ4n) is 2.74. The molecule has 4 heteroatoms. The molecule has 2 heterocycles. The number of ether oxygens (including phenoxy) is 1. The second kappa shape index (κ2) is 6.44. The molecule has 1 aliphatic heterocycles. The summed E-state index contributed by atoms with van der Waals surface area (Å²) in [5.74, 6) is 0.250. The monoisotopic (exact) mass is 266 g/mol. The van der Waals surface area contributed by atoms with Crippen LogP contribution in [-0.4, -0.2) is 23.7 Å². The molecule has 1 aromatic rings. The van der Waals surface area contributed by atoms with Gasteiger partial charge in [-0.25, -0.2) is 4.39 Å². The van der Waals surface area contributed by atoms with E-state index in [-0.39, 0.29) is 24.1 Å². The fourth-order valence-corrected chi connectivity index (χ4v) is 2.74. The zero-order chi connectivity index (χ0) is 13.8. The van der Waals surface area contributed by atoms with Crippen LogP contribution >= 0.6 is 0 Å². The molecule has 1 aliphatic rings. The summed E-state index contributed by atoms with van der Waals surface area (Å²) in [7, 11) is 0. The Morgan fingerprint density at radius 3 is 2.74 bits per heavy atom. The van der Waals surface area contributed by atoms with Gasteiger partial charge in [0.25, 0.3) is 0 Å². The SMILES string of the molecule is CCC(CC)C1CNC(C)C(c2ccc(F)cn2)O1. The molecule has 19 heavy (non-hydrogen) atoms. The Balaban J connectivity index is 2.12. The van der Waals surface area contributed by atoms with Crippen LogP contribution in [0.5, 0.6) is 0 Å². The Labute approximate surface area is 114 Å². The fraction of sp³-hybridized carbons (Fsp3) is 0.667. The lowest BCUT2D eigenvalue weighted by molar-refractivity contribution is -0.0898. The van der Waals surface area contributed by atoms with Gasteiger partial charge in [0.1, 0.15) is 11.9 Å². The molecule has 1 saturated heterocycles. The first-order valence-corrected chi connectivity index (χ1v) is 7.16. The Morgan fingerprint density at radius 2 is 2.16 bits per heavy atom. The number of morpholine rings is 1. The summed E-state index contributed by atoms with van der Waals surface area (Å²) in [6.07, 6.45) is 3.59. The van der Waals surface area contributed by atoms with E-state index in [2.05, 4.69) is 31.1 Å². The van der Waals surface area contributed by atoms with Gasteiger partial charge in [-0.15, -0.1) is 0 Å². The Bertz CT molecular complexity index is 392. The minimum atomic E-state index is -0.309. The molecule has 2 rings (SSSR count). The topological polar surface area (TPSA) is 34.2 Å². The van der Waals surface area contributed by atoms with Crippen LogP contribution in [0.15, 0.2) is 18.3 Å². The molecule has 0 aromatic carbocycles. The summed E-state index contributed by atoms with van der Waals surface area (Å²) < 4.78 is 19.2. The van der Waals surface area contributed by atoms with Gasteiger partial charge in [0, 0.05) is 12.6 Å². The quantitative estimate of drug-likeness (QED) is 0.909. The predicted molar refractivity (Wildman–Crippen MR) is 73.3 cm³/mol. The van der Waals surface area contributed by atoms with Crippen molar-refractivity contribution in [3.05, 3.63) is 29.8 Å². The number of hydrogen-bond acceptors (Lipinski definition) is 3. The molecule has 0 amide bonds. The second-order valence-corrected chi connectivity index (χ2v) is 5.27. The lowest BCUT2D eigenvalue weighted by Crippen LogP contribution is -2.49. The number of nitrogens with zero attached hydrogens (tertiary/aromatic N) is 1. The molecule has 0 spiro atoms. The van der Waals surface area contributed by atoms with Gasteiger partial charge in [-0.3, -0.25) is 4.98 Å². The van der Waals surface area contributed by atoms with E-state index in [9.17, 15) is 4.39 Å². The van der Waals surface area contributed by atoms with Crippen molar-refractivity contribution in [2.45, 2.75) is 51.9 Å². The van der Waals surface area contributed by atoms with Gasteiger partial charge in [-0.1, -0.05) is 26.7 Å². The van der Waals surface area contributed by atoms with Crippen molar-refractivity contribution in [3.63, 3.8) is 0 Å². The first kappa shape index (κ1) is 14.4. The summed E-state index contributed by atoms with van der Waals surface area (Å²) in [6, 6.07) is 3.36. The first-order chi connectivity index (χ1) is 9.15. The predicted octanol–water partition coefficient (Wildman–Crippen LogP) is 3.07. The number of pyridine rings is 1. The van der Waals surface area contributed by atoms with Gasteiger partial charge in [0.15, 0.2) is 0 Å². The van der Waals surface area contributed by atoms with Gasteiger partial charge in [0.05, 0.1) is 18.0 Å². The zero-order valence-corrected chi connectivity index (χ0v) is 11.9. The molecule has 1 N–H and O–H groups in total. The Morgan fingerprint density at radius 1 is 1.42 bits per heavy atom. The van der Waals surface area contributed by atoms with Crippen LogP contribution in [0.3, 0.4) is 0 Å². The van der Waals surface area contributed by atoms with Crippen LogP contribution in [0.1, 0.15) is 45.4 Å². The van der Waals surface area contributed by atoms with Crippen LogP contribution < -0.4 is 5.32 Å². The van der Waals surface area contributed by atoms with Crippen molar-refractivity contribution in [1.29, 1.82) is 0 Å². The number of halogens is 1. The van der Waals surface area contributed by atoms with Crippen molar-refractivity contribution >= 4 is 0 Å². The highest BCUT2D eigenvalue weighted by Crippen LogP contribution is 2.29. The Kier molecular flexibility index (Phi) is 4.88. The van der Waals surface area contributed by atoms with Gasteiger partial charge < -0.3 is 10.1 Å². The maximum atomic E-state index is 12.9. The lowest BCUT2D eigenvalue weighted by Gasteiger charge is -2.38. The molecule has 1 fully saturated rings. The van der Waals surface area contributed by atoms with E-state index >= 15 is 0 Å². The molecule has 3 nitrogen and oxygen atoms in total. The Hall–Kier alpha value is -1.00. The third-order valence-corrected chi connectivity index (χ3v) is 4.03. The molecule has 0 aliphatic carbocycles. The number of hydrogen-bond donors (Lipinski definition) is 1. The van der Waals surface area contributed by atoms with Crippen LogP contribution in [0.2, 0.25) is 0 Å². The van der Waals surface area contributed by atoms with E-state index in [1.807, 2.05) is 0 Å². The highest BCUT2D eigenvalue weighted by atomic mass is 19.1. The molecule has 3 atom stereocenters. The average Bonchev–Trinajstić information content (AvgIpc) is 2.43. The number of nitrogens with one attached hydrogen (secondary N) is 1. The summed E-state index contributed by atoms with van der Waals surface area (Å²) in [4.78, 5) is 4.16. The molecular weight excluding hydrogens is 243 g/mol. The molecule has 0 saturated carbocycles. The van der Waals surface area contributed by atoms with E-state index in [0.717, 1.165) is 25.1 Å². The minimum absolute atomic E-state index is 0.0973. The standard InChI is InChI=1S/C15H23FN2O/c1-4-11(5-2)14-9-17-10(3)15(19-14)13-7-6-12(16)8-18-13/h6-8,10-11,14-15,17H,4-5,9H2,1-3H3. The second-order valence-electron chi connectivity index (χ2n) is 5.27. The summed E-state index contributed by atoms with van der Waals surface area (Å²) >= 11 is 0. The maximum Gasteiger partial charge on any atom is 0.141 e. The normalized spacial score (nSPS) is 27.7. The molecule has 3 unspecified atom stereocenters. The van der Waals surface area contributed by atoms with Crippen LogP contribution in [-0.2, 0) is 4.74 Å². The third kappa shape index (κ3) is 3.31. The van der Waals surface area contributed by atoms with Crippen LogP contribution in [0.25, 0.3) is 0 Å². The number of rotatable bonds is 4. The summed E-state index contributed by atoms with van der Waals surface area (Å²) in [5.41, 5.74) is 0.803. The summed E-state index contributed by atoms with van der Waals surface area (Å²) in [5, 5.41) is 3.49.